The van der Waals surface area contributed by atoms with Crippen LogP contribution in [0.25, 0.3) is 11.3 Å². The Balaban J connectivity index is 1.83. The van der Waals surface area contributed by atoms with Crippen LogP contribution in [0, 0.1) is 6.92 Å². The van der Waals surface area contributed by atoms with Gasteiger partial charge in [-0.1, -0.05) is 12.1 Å². The first-order chi connectivity index (χ1) is 15.0. The normalized spacial score (nSPS) is 12.9. The number of fused-ring (bicyclic) bond motifs is 1. The molecule has 162 valence electrons. The molecule has 1 aliphatic heterocycles. The number of nitrogens with zero attached hydrogens (tertiary/aromatic N) is 1. The summed E-state index contributed by atoms with van der Waals surface area (Å²) in [6.45, 7) is 3.59. The lowest BCUT2D eigenvalue weighted by Crippen LogP contribution is -2.13. The van der Waals surface area contributed by atoms with E-state index in [1.807, 2.05) is 49.4 Å². The molecule has 0 bridgehead atoms. The van der Waals surface area contributed by atoms with Gasteiger partial charge >= 0.3 is 0 Å². The van der Waals surface area contributed by atoms with E-state index in [4.69, 9.17) is 24.7 Å². The van der Waals surface area contributed by atoms with E-state index in [9.17, 15) is 4.79 Å². The quantitative estimate of drug-likeness (QED) is 0.653. The number of carbonyl (C=O) groups excluding carboxylic acids is 1. The molecule has 4 rings (SSSR count). The average Bonchev–Trinajstić information content (AvgIpc) is 2.95. The van der Waals surface area contributed by atoms with E-state index in [-0.39, 0.29) is 0 Å². The number of nitrogens with two attached hydrogens (primary N) is 1. The molecule has 3 aromatic rings. The Bertz CT molecular complexity index is 1120. The number of hydrogen-bond donors (Lipinski definition) is 1. The van der Waals surface area contributed by atoms with E-state index in [0.29, 0.717) is 42.6 Å². The fourth-order valence-electron chi connectivity index (χ4n) is 3.91. The average molecular weight is 422 g/mol. The highest BCUT2D eigenvalue weighted by molar-refractivity contribution is 5.95. The third kappa shape index (κ3) is 3.91. The Kier molecular flexibility index (Phi) is 5.75. The van der Waals surface area contributed by atoms with E-state index in [2.05, 4.69) is 4.57 Å². The summed E-state index contributed by atoms with van der Waals surface area (Å²) in [5, 5.41) is 0. The van der Waals surface area contributed by atoms with Crippen molar-refractivity contribution in [1.82, 2.24) is 4.57 Å². The zero-order chi connectivity index (χ0) is 22.0. The van der Waals surface area contributed by atoms with E-state index in [1.54, 1.807) is 14.2 Å². The molecule has 0 atom stereocenters. The maximum absolute atomic E-state index is 12.1. The highest BCUT2D eigenvalue weighted by Gasteiger charge is 2.21. The number of aromatic nitrogens is 1. The van der Waals surface area contributed by atoms with Crippen LogP contribution in [-0.2, 0) is 6.54 Å². The molecular formula is C24H26N2O5. The second kappa shape index (κ2) is 8.63. The van der Waals surface area contributed by atoms with Gasteiger partial charge in [-0.25, -0.2) is 0 Å². The van der Waals surface area contributed by atoms with E-state index >= 15 is 0 Å². The maximum Gasteiger partial charge on any atom is 0.250 e. The van der Waals surface area contributed by atoms with Crippen molar-refractivity contribution >= 4 is 5.91 Å². The molecule has 31 heavy (non-hydrogen) atoms. The number of para-hydroxylation sites is 1. The van der Waals surface area contributed by atoms with Crippen LogP contribution < -0.4 is 24.7 Å². The summed E-state index contributed by atoms with van der Waals surface area (Å²) >= 11 is 0. The number of ether oxygens (including phenoxy) is 4. The van der Waals surface area contributed by atoms with Gasteiger partial charge in [0.25, 0.3) is 5.91 Å². The van der Waals surface area contributed by atoms with Crippen molar-refractivity contribution < 1.29 is 23.7 Å². The molecule has 2 aromatic carbocycles. The van der Waals surface area contributed by atoms with Crippen LogP contribution in [0.3, 0.4) is 0 Å². The number of amides is 1. The van der Waals surface area contributed by atoms with Gasteiger partial charge in [0.2, 0.25) is 0 Å². The fraction of sp³-hybridized carbons (Fsp3) is 0.292. The molecule has 0 fully saturated rings. The zero-order valence-electron chi connectivity index (χ0n) is 17.9. The largest absolute Gasteiger partial charge is 0.493 e. The third-order valence-electron chi connectivity index (χ3n) is 5.49. The lowest BCUT2D eigenvalue weighted by Gasteiger charge is -2.17. The number of benzene rings is 2. The molecule has 1 aromatic heterocycles. The minimum absolute atomic E-state index is 0.468. The van der Waals surface area contributed by atoms with Gasteiger partial charge in [-0.3, -0.25) is 4.79 Å². The molecule has 0 saturated heterocycles. The molecule has 0 radical (unpaired) electrons. The second-order valence-corrected chi connectivity index (χ2v) is 7.34. The standard InChI is InChI=1S/C24H26N2O5/c1-15-18(24(25)27)13-19(16-8-9-20-22(12-16)31-11-5-10-30-20)26(15)14-17-6-4-7-21(28-2)23(17)29-3/h4,6-9,12-13H,5,10-11,14H2,1-3H3,(H2,25,27). The SMILES string of the molecule is COc1cccc(Cn2c(-c3ccc4c(c3)OCCCO4)cc(C(N)=O)c2C)c1OC. The molecular weight excluding hydrogens is 396 g/mol. The van der Waals surface area contributed by atoms with Gasteiger partial charge in [-0.2, -0.15) is 0 Å². The molecule has 0 saturated carbocycles. The van der Waals surface area contributed by atoms with Gasteiger partial charge in [0, 0.05) is 28.9 Å². The molecule has 1 aliphatic rings. The fourth-order valence-corrected chi connectivity index (χ4v) is 3.91. The number of methoxy groups -OCH3 is 2. The molecule has 2 heterocycles. The van der Waals surface area contributed by atoms with Gasteiger partial charge in [0.1, 0.15) is 0 Å². The van der Waals surface area contributed by atoms with E-state index in [1.165, 1.54) is 0 Å². The monoisotopic (exact) mass is 422 g/mol. The van der Waals surface area contributed by atoms with Crippen LogP contribution in [0.2, 0.25) is 0 Å². The van der Waals surface area contributed by atoms with Crippen LogP contribution in [0.4, 0.5) is 0 Å². The first kappa shape index (κ1) is 20.7. The first-order valence-electron chi connectivity index (χ1n) is 10.1. The topological polar surface area (TPSA) is 84.9 Å². The zero-order valence-corrected chi connectivity index (χ0v) is 17.9. The third-order valence-corrected chi connectivity index (χ3v) is 5.49. The van der Waals surface area contributed by atoms with Crippen molar-refractivity contribution in [3.8, 4) is 34.3 Å². The predicted octanol–water partition coefficient (Wildman–Crippen LogP) is 3.79. The summed E-state index contributed by atoms with van der Waals surface area (Å²) < 4.78 is 24.7. The Morgan fingerprint density at radius 3 is 2.55 bits per heavy atom. The van der Waals surface area contributed by atoms with Gasteiger partial charge in [0.05, 0.1) is 39.5 Å². The summed E-state index contributed by atoms with van der Waals surface area (Å²) in [5.41, 5.74) is 9.59. The maximum atomic E-state index is 12.1. The van der Waals surface area contributed by atoms with E-state index in [0.717, 1.165) is 34.7 Å². The Hall–Kier alpha value is -3.61. The Morgan fingerprint density at radius 2 is 1.84 bits per heavy atom. The molecule has 1 amide bonds. The van der Waals surface area contributed by atoms with E-state index < -0.39 is 5.91 Å². The van der Waals surface area contributed by atoms with Gasteiger partial charge in [0.15, 0.2) is 23.0 Å². The number of hydrogen-bond acceptors (Lipinski definition) is 5. The summed E-state index contributed by atoms with van der Waals surface area (Å²) in [6.07, 6.45) is 0.834. The van der Waals surface area contributed by atoms with Crippen molar-refractivity contribution in [3.63, 3.8) is 0 Å². The summed E-state index contributed by atoms with van der Waals surface area (Å²) in [5.74, 6) is 2.26. The van der Waals surface area contributed by atoms with Crippen molar-refractivity contribution in [2.45, 2.75) is 19.9 Å². The lowest BCUT2D eigenvalue weighted by molar-refractivity contribution is 0.0999. The number of rotatable bonds is 6. The Labute approximate surface area is 181 Å². The predicted molar refractivity (Wildman–Crippen MR) is 117 cm³/mol. The van der Waals surface area contributed by atoms with Gasteiger partial charge < -0.3 is 29.2 Å². The van der Waals surface area contributed by atoms with Gasteiger partial charge in [-0.15, -0.1) is 0 Å². The molecule has 0 spiro atoms. The molecule has 2 N–H and O–H groups in total. The first-order valence-corrected chi connectivity index (χ1v) is 10.1. The van der Waals surface area contributed by atoms with Gasteiger partial charge in [-0.05, 0) is 37.3 Å². The van der Waals surface area contributed by atoms with Crippen molar-refractivity contribution in [1.29, 1.82) is 0 Å². The highest BCUT2D eigenvalue weighted by atomic mass is 16.5. The lowest BCUT2D eigenvalue weighted by atomic mass is 10.1. The van der Waals surface area contributed by atoms with Crippen LogP contribution in [-0.4, -0.2) is 37.9 Å². The summed E-state index contributed by atoms with van der Waals surface area (Å²) in [7, 11) is 3.22. The summed E-state index contributed by atoms with van der Waals surface area (Å²) in [6, 6.07) is 13.4. The summed E-state index contributed by atoms with van der Waals surface area (Å²) in [4.78, 5) is 12.1. The highest BCUT2D eigenvalue weighted by Crippen LogP contribution is 2.37. The number of carbonyl (C=O) groups is 1. The minimum atomic E-state index is -0.468. The van der Waals surface area contributed by atoms with Crippen molar-refractivity contribution in [2.24, 2.45) is 5.73 Å². The second-order valence-electron chi connectivity index (χ2n) is 7.34. The molecule has 7 heteroatoms. The Morgan fingerprint density at radius 1 is 1.06 bits per heavy atom. The van der Waals surface area contributed by atoms with Crippen molar-refractivity contribution in [3.05, 3.63) is 59.3 Å². The smallest absolute Gasteiger partial charge is 0.250 e. The van der Waals surface area contributed by atoms with Crippen LogP contribution in [0.5, 0.6) is 23.0 Å². The van der Waals surface area contributed by atoms with Crippen LogP contribution in [0.1, 0.15) is 28.0 Å². The molecule has 7 nitrogen and oxygen atoms in total. The minimum Gasteiger partial charge on any atom is -0.493 e. The number of primary amides is 1. The molecule has 0 unspecified atom stereocenters. The molecule has 0 aliphatic carbocycles. The van der Waals surface area contributed by atoms with Crippen LogP contribution >= 0.6 is 0 Å². The van der Waals surface area contributed by atoms with Crippen LogP contribution in [0.15, 0.2) is 42.5 Å². The van der Waals surface area contributed by atoms with Crippen molar-refractivity contribution in [2.75, 3.05) is 27.4 Å².